The SMILES string of the molecule is CC1(C(=O)Nc2ccc(Oc3ccnc4cc(C(=C/N)/C=N/C(F)F)ccc34)c(F)c2)CC1.O=CNc1ccc(F)cc1. The zero-order valence-electron chi connectivity index (χ0n) is 22.9. The summed E-state index contributed by atoms with van der Waals surface area (Å²) in [4.78, 5) is 29.4. The van der Waals surface area contributed by atoms with Gasteiger partial charge in [0.05, 0.1) is 5.52 Å². The van der Waals surface area contributed by atoms with Gasteiger partial charge in [0.2, 0.25) is 12.3 Å². The number of pyridine rings is 1. The van der Waals surface area contributed by atoms with Crippen LogP contribution in [-0.4, -0.2) is 30.1 Å². The van der Waals surface area contributed by atoms with Gasteiger partial charge in [0.1, 0.15) is 11.6 Å². The molecule has 0 unspecified atom stereocenters. The molecule has 1 aromatic heterocycles. The molecule has 4 N–H and O–H groups in total. The molecule has 3 aromatic carbocycles. The van der Waals surface area contributed by atoms with Gasteiger partial charge in [0, 0.05) is 52.4 Å². The summed E-state index contributed by atoms with van der Waals surface area (Å²) in [6.45, 7) is -0.974. The van der Waals surface area contributed by atoms with Crippen LogP contribution in [0.25, 0.3) is 16.5 Å². The Balaban J connectivity index is 0.000000359. The van der Waals surface area contributed by atoms with Crippen molar-refractivity contribution < 1.29 is 31.9 Å². The second-order valence-electron chi connectivity index (χ2n) is 9.75. The second kappa shape index (κ2) is 13.6. The fourth-order valence-corrected chi connectivity index (χ4v) is 3.83. The lowest BCUT2D eigenvalue weighted by molar-refractivity contribution is -0.120. The number of nitrogens with two attached hydrogens (primary N) is 1. The number of aromatic nitrogens is 1. The number of nitrogens with one attached hydrogen (secondary N) is 2. The minimum atomic E-state index is -2.84. The van der Waals surface area contributed by atoms with Gasteiger partial charge in [-0.3, -0.25) is 14.6 Å². The Morgan fingerprint density at radius 2 is 1.74 bits per heavy atom. The largest absolute Gasteiger partial charge is 0.454 e. The highest BCUT2D eigenvalue weighted by atomic mass is 19.3. The fourth-order valence-electron chi connectivity index (χ4n) is 3.83. The van der Waals surface area contributed by atoms with Crippen LogP contribution in [0.4, 0.5) is 28.9 Å². The summed E-state index contributed by atoms with van der Waals surface area (Å²) < 4.78 is 57.4. The molecule has 0 spiro atoms. The first-order chi connectivity index (χ1) is 20.6. The first-order valence-electron chi connectivity index (χ1n) is 13.0. The Bertz CT molecular complexity index is 1670. The van der Waals surface area contributed by atoms with Gasteiger partial charge in [-0.25, -0.2) is 13.8 Å². The van der Waals surface area contributed by atoms with Crippen LogP contribution in [-0.2, 0) is 9.59 Å². The Labute approximate surface area is 244 Å². The molecule has 0 radical (unpaired) electrons. The zero-order valence-corrected chi connectivity index (χ0v) is 22.9. The number of rotatable bonds is 9. The number of carbonyl (C=O) groups is 2. The van der Waals surface area contributed by atoms with Crippen molar-refractivity contribution in [3.05, 3.63) is 96.3 Å². The Morgan fingerprint density at radius 1 is 1.02 bits per heavy atom. The number of aliphatic imine (C=N–C) groups is 1. The number of fused-ring (bicyclic) bond motifs is 1. The van der Waals surface area contributed by atoms with E-state index in [1.807, 2.05) is 6.92 Å². The van der Waals surface area contributed by atoms with Gasteiger partial charge in [-0.05, 0) is 73.0 Å². The van der Waals surface area contributed by atoms with E-state index in [1.165, 1.54) is 48.8 Å². The summed E-state index contributed by atoms with van der Waals surface area (Å²) in [5, 5.41) is 5.70. The number of carbonyl (C=O) groups excluding carboxylic acids is 2. The van der Waals surface area contributed by atoms with Gasteiger partial charge in [0.25, 0.3) is 0 Å². The lowest BCUT2D eigenvalue weighted by Crippen LogP contribution is -2.21. The maximum Gasteiger partial charge on any atom is 0.331 e. The maximum absolute atomic E-state index is 14.7. The van der Waals surface area contributed by atoms with E-state index < -0.39 is 12.4 Å². The first-order valence-corrected chi connectivity index (χ1v) is 13.0. The number of hydrogen-bond donors (Lipinski definition) is 3. The van der Waals surface area contributed by atoms with Crippen molar-refractivity contribution >= 4 is 46.4 Å². The number of alkyl halides is 2. The number of anilines is 2. The van der Waals surface area contributed by atoms with Crippen molar-refractivity contribution in [2.24, 2.45) is 16.1 Å². The van der Waals surface area contributed by atoms with Gasteiger partial charge in [-0.1, -0.05) is 13.0 Å². The highest BCUT2D eigenvalue weighted by Gasteiger charge is 2.44. The first kappa shape index (κ1) is 30.7. The molecule has 222 valence electrons. The molecule has 0 atom stereocenters. The molecule has 0 saturated heterocycles. The van der Waals surface area contributed by atoms with Gasteiger partial charge in [-0.15, -0.1) is 0 Å². The van der Waals surface area contributed by atoms with Crippen molar-refractivity contribution in [1.82, 2.24) is 4.98 Å². The summed E-state index contributed by atoms with van der Waals surface area (Å²) in [6, 6.07) is 16.3. The Hall–Kier alpha value is -5.26. The number of benzene rings is 3. The van der Waals surface area contributed by atoms with Crippen LogP contribution in [0, 0.1) is 17.0 Å². The molecule has 5 rings (SSSR count). The Morgan fingerprint density at radius 3 is 2.37 bits per heavy atom. The lowest BCUT2D eigenvalue weighted by Gasteiger charge is -2.13. The van der Waals surface area contributed by atoms with E-state index in [-0.39, 0.29) is 22.9 Å². The van der Waals surface area contributed by atoms with Crippen molar-refractivity contribution in [2.75, 3.05) is 10.6 Å². The van der Waals surface area contributed by atoms with Crippen LogP contribution in [0.2, 0.25) is 0 Å². The Kier molecular flexibility index (Phi) is 9.71. The molecule has 1 aliphatic rings. The van der Waals surface area contributed by atoms with E-state index in [0.717, 1.165) is 19.1 Å². The van der Waals surface area contributed by atoms with E-state index >= 15 is 0 Å². The molecule has 1 fully saturated rings. The van der Waals surface area contributed by atoms with Gasteiger partial charge < -0.3 is 21.1 Å². The third-order valence-electron chi connectivity index (χ3n) is 6.57. The average molecular weight is 594 g/mol. The summed E-state index contributed by atoms with van der Waals surface area (Å²) >= 11 is 0. The van der Waals surface area contributed by atoms with Crippen LogP contribution < -0.4 is 21.1 Å². The summed E-state index contributed by atoms with van der Waals surface area (Å²) in [5.41, 5.74) is 7.45. The number of ether oxygens (including phenoxy) is 1. The zero-order chi connectivity index (χ0) is 31.0. The van der Waals surface area contributed by atoms with Crippen molar-refractivity contribution in [2.45, 2.75) is 26.3 Å². The number of halogens is 4. The highest BCUT2D eigenvalue weighted by molar-refractivity contribution is 6.10. The van der Waals surface area contributed by atoms with E-state index in [1.54, 1.807) is 30.3 Å². The smallest absolute Gasteiger partial charge is 0.331 e. The topological polar surface area (TPSA) is 119 Å². The summed E-state index contributed by atoms with van der Waals surface area (Å²) in [5.74, 6) is -0.736. The normalized spacial score (nSPS) is 13.8. The maximum atomic E-state index is 14.7. The molecule has 12 heteroatoms. The molecule has 4 aromatic rings. The molecule has 1 aliphatic carbocycles. The van der Waals surface area contributed by atoms with Crippen molar-refractivity contribution in [3.8, 4) is 11.5 Å². The van der Waals surface area contributed by atoms with Crippen LogP contribution in [0.1, 0.15) is 25.3 Å². The standard InChI is InChI=1S/C24H21F3N4O2.C7H6FNO/c1-24(7-8-24)22(32)31-16-3-5-21(18(25)11-16)33-20-6-9-29-19-10-14(2-4-17(19)20)15(12-28)13-30-23(26)27;8-6-1-3-7(4-2-6)9-5-10/h2-6,9-13,23H,7-8,28H2,1H3,(H,31,32);1-5H,(H,9,10)/b15-12+,30-13+;. The van der Waals surface area contributed by atoms with Crippen LogP contribution in [0.5, 0.6) is 11.5 Å². The molecular formula is C31H27F4N5O3. The van der Waals surface area contributed by atoms with Crippen LogP contribution in [0.15, 0.2) is 84.1 Å². The van der Waals surface area contributed by atoms with E-state index in [2.05, 4.69) is 20.6 Å². The quantitative estimate of drug-likeness (QED) is 0.0845. The summed E-state index contributed by atoms with van der Waals surface area (Å²) in [6.07, 6.45) is 5.84. The van der Waals surface area contributed by atoms with Crippen LogP contribution >= 0.6 is 0 Å². The van der Waals surface area contributed by atoms with E-state index in [9.17, 15) is 27.2 Å². The average Bonchev–Trinajstić information content (AvgIpc) is 3.75. The molecule has 43 heavy (non-hydrogen) atoms. The monoisotopic (exact) mass is 593 g/mol. The fraction of sp³-hybridized carbons (Fsp3) is 0.161. The minimum absolute atomic E-state index is 0.0196. The molecule has 8 nitrogen and oxygen atoms in total. The predicted molar refractivity (Wildman–Crippen MR) is 157 cm³/mol. The lowest BCUT2D eigenvalue weighted by atomic mass is 10.0. The number of hydrogen-bond acceptors (Lipinski definition) is 6. The molecule has 0 bridgehead atoms. The number of nitrogens with zero attached hydrogens (tertiary/aromatic N) is 2. The van der Waals surface area contributed by atoms with Crippen LogP contribution in [0.3, 0.4) is 0 Å². The molecular weight excluding hydrogens is 566 g/mol. The van der Waals surface area contributed by atoms with E-state index in [4.69, 9.17) is 10.5 Å². The molecule has 1 saturated carbocycles. The molecule has 0 aliphatic heterocycles. The number of allylic oxidation sites excluding steroid dienone is 1. The van der Waals surface area contributed by atoms with Gasteiger partial charge >= 0.3 is 6.55 Å². The number of amides is 2. The van der Waals surface area contributed by atoms with Gasteiger partial charge in [-0.2, -0.15) is 8.78 Å². The minimum Gasteiger partial charge on any atom is -0.454 e. The predicted octanol–water partition coefficient (Wildman–Crippen LogP) is 6.89. The van der Waals surface area contributed by atoms with Crippen molar-refractivity contribution in [3.63, 3.8) is 0 Å². The highest BCUT2D eigenvalue weighted by Crippen LogP contribution is 2.45. The van der Waals surface area contributed by atoms with Gasteiger partial charge in [0.15, 0.2) is 11.6 Å². The molecule has 2 amide bonds. The summed E-state index contributed by atoms with van der Waals surface area (Å²) in [7, 11) is 0. The van der Waals surface area contributed by atoms with E-state index in [0.29, 0.717) is 45.6 Å². The molecule has 1 heterocycles. The second-order valence-corrected chi connectivity index (χ2v) is 9.75. The van der Waals surface area contributed by atoms with Crippen molar-refractivity contribution in [1.29, 1.82) is 0 Å². The third kappa shape index (κ3) is 8.15. The third-order valence-corrected chi connectivity index (χ3v) is 6.57.